The van der Waals surface area contributed by atoms with Gasteiger partial charge in [0.1, 0.15) is 4.90 Å². The maximum absolute atomic E-state index is 12.3. The van der Waals surface area contributed by atoms with Crippen LogP contribution >= 0.6 is 10.7 Å². The van der Waals surface area contributed by atoms with E-state index in [1.165, 1.54) is 6.92 Å². The standard InChI is InChI=1S/C9H7ClF3NO6S/c1-2-19-6-3-5(14(15)16)4-7(21(10,17)18)8(6)20-9(11,12)13/h3-4H,2H2,1H3. The van der Waals surface area contributed by atoms with Crippen LogP contribution in [-0.2, 0) is 9.05 Å². The van der Waals surface area contributed by atoms with Crippen LogP contribution in [0.1, 0.15) is 6.92 Å². The van der Waals surface area contributed by atoms with E-state index in [2.05, 4.69) is 4.74 Å². The molecule has 0 aliphatic heterocycles. The van der Waals surface area contributed by atoms with Crippen LogP contribution in [-0.4, -0.2) is 26.3 Å². The quantitative estimate of drug-likeness (QED) is 0.461. The molecule has 1 aromatic rings. The van der Waals surface area contributed by atoms with Gasteiger partial charge in [0, 0.05) is 16.7 Å². The lowest BCUT2D eigenvalue weighted by Gasteiger charge is -2.15. The van der Waals surface area contributed by atoms with Crippen LogP contribution in [0, 0.1) is 10.1 Å². The van der Waals surface area contributed by atoms with E-state index in [1.807, 2.05) is 0 Å². The van der Waals surface area contributed by atoms with Gasteiger partial charge in [-0.15, -0.1) is 13.2 Å². The lowest BCUT2D eigenvalue weighted by molar-refractivity contribution is -0.385. The molecule has 12 heteroatoms. The minimum Gasteiger partial charge on any atom is -0.490 e. The number of hydrogen-bond acceptors (Lipinski definition) is 6. The summed E-state index contributed by atoms with van der Waals surface area (Å²) in [4.78, 5) is 8.46. The zero-order valence-electron chi connectivity index (χ0n) is 10.2. The number of ether oxygens (including phenoxy) is 2. The van der Waals surface area contributed by atoms with Gasteiger partial charge >= 0.3 is 6.36 Å². The predicted molar refractivity (Wildman–Crippen MR) is 64.0 cm³/mol. The fourth-order valence-corrected chi connectivity index (χ4v) is 2.30. The van der Waals surface area contributed by atoms with Gasteiger partial charge in [0.25, 0.3) is 14.7 Å². The minimum atomic E-state index is -5.24. The summed E-state index contributed by atoms with van der Waals surface area (Å²) in [6.45, 7) is 1.20. The average molecular weight is 350 g/mol. The van der Waals surface area contributed by atoms with Crippen LogP contribution in [0.2, 0.25) is 0 Å². The van der Waals surface area contributed by atoms with Crippen LogP contribution < -0.4 is 9.47 Å². The Bertz CT molecular complexity index is 660. The van der Waals surface area contributed by atoms with Crippen LogP contribution in [0.15, 0.2) is 17.0 Å². The third kappa shape index (κ3) is 4.63. The smallest absolute Gasteiger partial charge is 0.490 e. The monoisotopic (exact) mass is 349 g/mol. The highest BCUT2D eigenvalue weighted by molar-refractivity contribution is 8.13. The summed E-state index contributed by atoms with van der Waals surface area (Å²) in [6.07, 6.45) is -5.24. The summed E-state index contributed by atoms with van der Waals surface area (Å²) in [5, 5.41) is 10.7. The molecule has 0 aliphatic rings. The van der Waals surface area contributed by atoms with Crippen molar-refractivity contribution >= 4 is 25.4 Å². The van der Waals surface area contributed by atoms with Gasteiger partial charge < -0.3 is 9.47 Å². The van der Waals surface area contributed by atoms with Gasteiger partial charge in [-0.2, -0.15) is 0 Å². The molecule has 1 rings (SSSR count). The number of rotatable bonds is 5. The molecule has 0 atom stereocenters. The lowest BCUT2D eigenvalue weighted by atomic mass is 10.3. The van der Waals surface area contributed by atoms with Crippen molar-refractivity contribution in [3.05, 3.63) is 22.2 Å². The molecule has 0 aromatic heterocycles. The first-order valence-corrected chi connectivity index (χ1v) is 7.42. The van der Waals surface area contributed by atoms with Crippen molar-refractivity contribution in [2.45, 2.75) is 18.2 Å². The Morgan fingerprint density at radius 2 is 1.95 bits per heavy atom. The van der Waals surface area contributed by atoms with Crippen molar-refractivity contribution in [2.75, 3.05) is 6.61 Å². The van der Waals surface area contributed by atoms with Crippen molar-refractivity contribution in [2.24, 2.45) is 0 Å². The number of nitrogens with zero attached hydrogens (tertiary/aromatic N) is 1. The number of benzene rings is 1. The maximum Gasteiger partial charge on any atom is 0.573 e. The van der Waals surface area contributed by atoms with Gasteiger partial charge in [0.05, 0.1) is 17.6 Å². The van der Waals surface area contributed by atoms with Crippen LogP contribution in [0.25, 0.3) is 0 Å². The molecule has 0 radical (unpaired) electrons. The molecule has 0 N–H and O–H groups in total. The van der Waals surface area contributed by atoms with Gasteiger partial charge in [0.2, 0.25) is 0 Å². The number of nitro benzene ring substituents is 1. The predicted octanol–water partition coefficient (Wildman–Crippen LogP) is 2.82. The number of halogens is 4. The summed E-state index contributed by atoms with van der Waals surface area (Å²) in [5.74, 6) is -2.02. The first-order chi connectivity index (χ1) is 9.45. The summed E-state index contributed by atoms with van der Waals surface area (Å²) in [7, 11) is 0.248. The second-order valence-electron chi connectivity index (χ2n) is 3.45. The summed E-state index contributed by atoms with van der Waals surface area (Å²) < 4.78 is 68.0. The van der Waals surface area contributed by atoms with Crippen molar-refractivity contribution in [1.29, 1.82) is 0 Å². The summed E-state index contributed by atoms with van der Waals surface area (Å²) >= 11 is 0. The normalized spacial score (nSPS) is 12.0. The minimum absolute atomic E-state index is 0.183. The average Bonchev–Trinajstić information content (AvgIpc) is 2.27. The van der Waals surface area contributed by atoms with Crippen LogP contribution in [0.4, 0.5) is 18.9 Å². The van der Waals surface area contributed by atoms with E-state index in [1.54, 1.807) is 0 Å². The van der Waals surface area contributed by atoms with E-state index in [4.69, 9.17) is 15.4 Å². The third-order valence-electron chi connectivity index (χ3n) is 2.00. The van der Waals surface area contributed by atoms with Crippen molar-refractivity contribution in [3.63, 3.8) is 0 Å². The van der Waals surface area contributed by atoms with Gasteiger partial charge in [-0.05, 0) is 6.92 Å². The SMILES string of the molecule is CCOc1cc([N+](=O)[O-])cc(S(=O)(=O)Cl)c1OC(F)(F)F. The second kappa shape index (κ2) is 5.93. The van der Waals surface area contributed by atoms with Crippen molar-refractivity contribution < 1.29 is 36.0 Å². The molecule has 0 unspecified atom stereocenters. The van der Waals surface area contributed by atoms with E-state index in [-0.39, 0.29) is 6.61 Å². The Kier molecular flexibility index (Phi) is 4.89. The Morgan fingerprint density at radius 3 is 2.33 bits per heavy atom. The molecule has 21 heavy (non-hydrogen) atoms. The van der Waals surface area contributed by atoms with Crippen LogP contribution in [0.5, 0.6) is 11.5 Å². The van der Waals surface area contributed by atoms with Gasteiger partial charge in [0.15, 0.2) is 11.5 Å². The lowest BCUT2D eigenvalue weighted by Crippen LogP contribution is -2.19. The molecule has 0 saturated heterocycles. The fourth-order valence-electron chi connectivity index (χ4n) is 1.33. The van der Waals surface area contributed by atoms with E-state index >= 15 is 0 Å². The van der Waals surface area contributed by atoms with Crippen LogP contribution in [0.3, 0.4) is 0 Å². The molecule has 0 bridgehead atoms. The molecular weight excluding hydrogens is 343 g/mol. The highest BCUT2D eigenvalue weighted by atomic mass is 35.7. The van der Waals surface area contributed by atoms with E-state index in [9.17, 15) is 31.7 Å². The molecule has 0 heterocycles. The summed E-state index contributed by atoms with van der Waals surface area (Å²) in [6, 6.07) is 0.960. The van der Waals surface area contributed by atoms with E-state index in [0.717, 1.165) is 0 Å². The Labute approximate surface area is 120 Å². The summed E-state index contributed by atoms with van der Waals surface area (Å²) in [5.41, 5.74) is -0.813. The molecule has 7 nitrogen and oxygen atoms in total. The molecule has 0 fully saturated rings. The largest absolute Gasteiger partial charge is 0.573 e. The number of hydrogen-bond donors (Lipinski definition) is 0. The molecule has 0 spiro atoms. The zero-order chi connectivity index (χ0) is 16.4. The topological polar surface area (TPSA) is 95.7 Å². The maximum atomic E-state index is 12.3. The van der Waals surface area contributed by atoms with E-state index < -0.39 is 42.4 Å². The molecule has 1 aromatic carbocycles. The zero-order valence-corrected chi connectivity index (χ0v) is 11.8. The molecule has 0 saturated carbocycles. The number of non-ortho nitro benzene ring substituents is 1. The molecule has 118 valence electrons. The van der Waals surface area contributed by atoms with Crippen molar-refractivity contribution in [1.82, 2.24) is 0 Å². The molecule has 0 aliphatic carbocycles. The van der Waals surface area contributed by atoms with Gasteiger partial charge in [-0.3, -0.25) is 10.1 Å². The van der Waals surface area contributed by atoms with Crippen molar-refractivity contribution in [3.8, 4) is 11.5 Å². The van der Waals surface area contributed by atoms with Gasteiger partial charge in [-0.25, -0.2) is 8.42 Å². The second-order valence-corrected chi connectivity index (χ2v) is 5.98. The highest BCUT2D eigenvalue weighted by Gasteiger charge is 2.37. The first-order valence-electron chi connectivity index (χ1n) is 5.11. The van der Waals surface area contributed by atoms with Gasteiger partial charge in [-0.1, -0.05) is 0 Å². The third-order valence-corrected chi connectivity index (χ3v) is 3.32. The Morgan fingerprint density at radius 1 is 1.38 bits per heavy atom. The number of alkyl halides is 3. The Balaban J connectivity index is 3.66. The number of nitro groups is 1. The first kappa shape index (κ1) is 17.3. The molecular formula is C9H7ClF3NO6S. The molecule has 0 amide bonds. The van der Waals surface area contributed by atoms with E-state index in [0.29, 0.717) is 12.1 Å². The highest BCUT2D eigenvalue weighted by Crippen LogP contribution is 2.42. The fraction of sp³-hybridized carbons (Fsp3) is 0.333. The Hall–Kier alpha value is -1.75.